The summed E-state index contributed by atoms with van der Waals surface area (Å²) in [6.45, 7) is 0. The summed E-state index contributed by atoms with van der Waals surface area (Å²) in [7, 11) is -5.63. The van der Waals surface area contributed by atoms with Gasteiger partial charge in [-0.2, -0.15) is 30.7 Å². The lowest BCUT2D eigenvalue weighted by Crippen LogP contribution is -2.55. The first-order valence-electron chi connectivity index (χ1n) is 8.53. The van der Waals surface area contributed by atoms with E-state index in [1.807, 2.05) is 0 Å². The highest BCUT2D eigenvalue weighted by Crippen LogP contribution is 2.51. The topological polar surface area (TPSA) is 128 Å². The van der Waals surface area contributed by atoms with Crippen molar-refractivity contribution in [1.29, 1.82) is 0 Å². The summed E-state index contributed by atoms with van der Waals surface area (Å²) in [5.41, 5.74) is -1.39. The van der Waals surface area contributed by atoms with Gasteiger partial charge in [0.15, 0.2) is 0 Å². The van der Waals surface area contributed by atoms with Crippen LogP contribution in [0.15, 0.2) is 47.4 Å². The standard InChI is InChI=1S/C17H12F7N3O6S/c1-33-14(28)26-10-4-2-9(3-5-10)25-12-7-6-11(8-13(12)27(29)30)34(31,32)17(23,24)15(18,19)16(20,21)22/h2-8,25H,1H3,(H,26,28). The number of rotatable bonds is 7. The maximum atomic E-state index is 13.8. The number of hydrogen-bond donors (Lipinski definition) is 2. The summed E-state index contributed by atoms with van der Waals surface area (Å²) in [5, 5.41) is 9.36. The number of nitro groups is 1. The summed E-state index contributed by atoms with van der Waals surface area (Å²) in [6.07, 6.45) is -7.73. The number of halogens is 7. The van der Waals surface area contributed by atoms with E-state index in [1.165, 1.54) is 24.3 Å². The Bertz CT molecular complexity index is 1200. The number of carbonyl (C=O) groups is 1. The fourth-order valence-corrected chi connectivity index (χ4v) is 3.64. The molecule has 0 atom stereocenters. The average Bonchev–Trinajstić information content (AvgIpc) is 2.73. The molecule has 17 heteroatoms. The minimum atomic E-state index is -6.98. The van der Waals surface area contributed by atoms with Gasteiger partial charge in [-0.25, -0.2) is 13.2 Å². The van der Waals surface area contributed by atoms with E-state index in [0.29, 0.717) is 6.07 Å². The average molecular weight is 519 g/mol. The zero-order chi connectivity index (χ0) is 26.1. The number of benzene rings is 2. The zero-order valence-electron chi connectivity index (χ0n) is 16.5. The van der Waals surface area contributed by atoms with Crippen molar-refractivity contribution >= 4 is 38.7 Å². The van der Waals surface area contributed by atoms with Crippen molar-refractivity contribution < 1.29 is 53.6 Å². The van der Waals surface area contributed by atoms with E-state index < -0.39 is 54.5 Å². The second-order valence-corrected chi connectivity index (χ2v) is 8.34. The van der Waals surface area contributed by atoms with E-state index in [4.69, 9.17) is 0 Å². The number of anilines is 3. The largest absolute Gasteiger partial charge is 0.461 e. The van der Waals surface area contributed by atoms with Gasteiger partial charge in [-0.15, -0.1) is 0 Å². The molecule has 9 nitrogen and oxygen atoms in total. The highest BCUT2D eigenvalue weighted by Gasteiger charge is 2.78. The molecule has 0 aliphatic rings. The molecule has 0 spiro atoms. The maximum absolute atomic E-state index is 13.8. The molecule has 0 aromatic heterocycles. The fraction of sp³-hybridized carbons (Fsp3) is 0.235. The first-order valence-corrected chi connectivity index (χ1v) is 10.0. The molecule has 2 aromatic carbocycles. The molecular weight excluding hydrogens is 507 g/mol. The lowest BCUT2D eigenvalue weighted by atomic mass is 10.2. The molecule has 0 fully saturated rings. The van der Waals surface area contributed by atoms with Gasteiger partial charge in [0, 0.05) is 17.4 Å². The number of methoxy groups -OCH3 is 1. The summed E-state index contributed by atoms with van der Waals surface area (Å²) >= 11 is 0. The first-order chi connectivity index (χ1) is 15.5. The fourth-order valence-electron chi connectivity index (χ4n) is 2.38. The van der Waals surface area contributed by atoms with Gasteiger partial charge < -0.3 is 10.1 Å². The van der Waals surface area contributed by atoms with Crippen molar-refractivity contribution in [2.24, 2.45) is 0 Å². The van der Waals surface area contributed by atoms with Gasteiger partial charge in [0.25, 0.3) is 15.5 Å². The van der Waals surface area contributed by atoms with Crippen LogP contribution in [0.1, 0.15) is 0 Å². The van der Waals surface area contributed by atoms with E-state index >= 15 is 0 Å². The van der Waals surface area contributed by atoms with Gasteiger partial charge in [0.05, 0.1) is 16.9 Å². The Labute approximate surface area is 185 Å². The molecule has 0 radical (unpaired) electrons. The molecule has 0 saturated carbocycles. The molecule has 0 saturated heterocycles. The summed E-state index contributed by atoms with van der Waals surface area (Å²) in [5.74, 6) is -6.98. The third kappa shape index (κ3) is 4.82. The molecular formula is C17H12F7N3O6S. The predicted molar refractivity (Wildman–Crippen MR) is 102 cm³/mol. The number of hydrogen-bond acceptors (Lipinski definition) is 7. The Morgan fingerprint density at radius 1 is 0.971 bits per heavy atom. The monoisotopic (exact) mass is 519 g/mol. The molecule has 186 valence electrons. The molecule has 1 amide bonds. The van der Waals surface area contributed by atoms with Crippen LogP contribution in [-0.4, -0.2) is 43.9 Å². The van der Waals surface area contributed by atoms with Crippen molar-refractivity contribution in [3.8, 4) is 0 Å². The second-order valence-electron chi connectivity index (χ2n) is 6.35. The van der Waals surface area contributed by atoms with Crippen molar-refractivity contribution in [2.75, 3.05) is 17.7 Å². The quantitative estimate of drug-likeness (QED) is 0.297. The Morgan fingerprint density at radius 3 is 1.97 bits per heavy atom. The number of alkyl halides is 7. The number of nitrogens with one attached hydrogen (secondary N) is 2. The van der Waals surface area contributed by atoms with Crippen LogP contribution in [0.2, 0.25) is 0 Å². The van der Waals surface area contributed by atoms with E-state index in [0.717, 1.165) is 7.11 Å². The van der Waals surface area contributed by atoms with Crippen LogP contribution < -0.4 is 10.6 Å². The molecule has 34 heavy (non-hydrogen) atoms. The predicted octanol–water partition coefficient (Wildman–Crippen LogP) is 5.08. The first kappa shape index (κ1) is 26.6. The molecule has 2 aromatic rings. The Hall–Kier alpha value is -3.63. The third-order valence-electron chi connectivity index (χ3n) is 4.13. The van der Waals surface area contributed by atoms with Crippen molar-refractivity contribution in [2.45, 2.75) is 22.2 Å². The summed E-state index contributed by atoms with van der Waals surface area (Å²) in [4.78, 5) is 19.3. The van der Waals surface area contributed by atoms with E-state index in [9.17, 15) is 54.1 Å². The highest BCUT2D eigenvalue weighted by molar-refractivity contribution is 7.92. The number of nitrogens with zero attached hydrogens (tertiary/aromatic N) is 1. The van der Waals surface area contributed by atoms with Crippen LogP contribution in [0.4, 0.5) is 58.3 Å². The van der Waals surface area contributed by atoms with Crippen molar-refractivity contribution in [3.05, 3.63) is 52.6 Å². The lowest BCUT2D eigenvalue weighted by molar-refractivity contribution is -0.384. The number of carbonyl (C=O) groups excluding carboxylic acids is 1. The van der Waals surface area contributed by atoms with Crippen LogP contribution in [0, 0.1) is 10.1 Å². The Morgan fingerprint density at radius 2 is 1.50 bits per heavy atom. The van der Waals surface area contributed by atoms with Gasteiger partial charge in [-0.1, -0.05) is 0 Å². The molecule has 0 aliphatic carbocycles. The van der Waals surface area contributed by atoms with Crippen LogP contribution in [0.3, 0.4) is 0 Å². The van der Waals surface area contributed by atoms with Crippen LogP contribution in [0.5, 0.6) is 0 Å². The van der Waals surface area contributed by atoms with E-state index in [-0.39, 0.29) is 23.5 Å². The van der Waals surface area contributed by atoms with Crippen molar-refractivity contribution in [3.63, 3.8) is 0 Å². The lowest BCUT2D eigenvalue weighted by Gasteiger charge is -2.27. The van der Waals surface area contributed by atoms with Gasteiger partial charge in [-0.3, -0.25) is 15.4 Å². The van der Waals surface area contributed by atoms with Crippen LogP contribution >= 0.6 is 0 Å². The normalized spacial score (nSPS) is 12.7. The molecule has 0 heterocycles. The highest BCUT2D eigenvalue weighted by atomic mass is 32.2. The molecule has 2 N–H and O–H groups in total. The number of nitro benzene ring substituents is 1. The van der Waals surface area contributed by atoms with E-state index in [2.05, 4.69) is 15.4 Å². The van der Waals surface area contributed by atoms with Crippen molar-refractivity contribution in [1.82, 2.24) is 0 Å². The molecule has 0 unspecified atom stereocenters. The van der Waals surface area contributed by atoms with Gasteiger partial charge >= 0.3 is 23.4 Å². The van der Waals surface area contributed by atoms with Gasteiger partial charge in [0.1, 0.15) is 5.69 Å². The van der Waals surface area contributed by atoms with Crippen LogP contribution in [-0.2, 0) is 14.6 Å². The van der Waals surface area contributed by atoms with E-state index in [1.54, 1.807) is 0 Å². The van der Waals surface area contributed by atoms with Gasteiger partial charge in [0.2, 0.25) is 0 Å². The second kappa shape index (κ2) is 8.96. The SMILES string of the molecule is COC(=O)Nc1ccc(Nc2ccc(S(=O)(=O)C(F)(F)C(F)(F)C(F)(F)F)cc2[N+](=O)[O-])cc1. The minimum Gasteiger partial charge on any atom is -0.453 e. The number of amides is 1. The number of sulfone groups is 1. The molecule has 0 aliphatic heterocycles. The smallest absolute Gasteiger partial charge is 0.453 e. The zero-order valence-corrected chi connectivity index (χ0v) is 17.3. The maximum Gasteiger partial charge on any atom is 0.461 e. The summed E-state index contributed by atoms with van der Waals surface area (Å²) < 4.78 is 119. The van der Waals surface area contributed by atoms with Crippen LogP contribution in [0.25, 0.3) is 0 Å². The number of ether oxygens (including phenoxy) is 1. The summed E-state index contributed by atoms with van der Waals surface area (Å²) in [6, 6.07) is 5.83. The molecule has 2 rings (SSSR count). The Balaban J connectivity index is 2.45. The molecule has 0 bridgehead atoms. The minimum absolute atomic E-state index is 0.0782. The third-order valence-corrected chi connectivity index (χ3v) is 5.94. The Kier molecular flexibility index (Phi) is 7.01. The van der Waals surface area contributed by atoms with Gasteiger partial charge in [-0.05, 0) is 36.4 Å².